The minimum atomic E-state index is -0.506. The predicted molar refractivity (Wildman–Crippen MR) is 71.4 cm³/mol. The number of amides is 1. The van der Waals surface area contributed by atoms with Crippen molar-refractivity contribution in [3.63, 3.8) is 0 Å². The number of fused-ring (bicyclic) bond motifs is 3. The third-order valence-electron chi connectivity index (χ3n) is 3.87. The summed E-state index contributed by atoms with van der Waals surface area (Å²) in [6, 6.07) is 0.0951. The Morgan fingerprint density at radius 2 is 2.05 bits per heavy atom. The Morgan fingerprint density at radius 1 is 1.35 bits per heavy atom. The monoisotopic (exact) mass is 280 g/mol. The molecule has 2 aliphatic rings. The molecule has 2 atom stereocenters. The first-order valence-corrected chi connectivity index (χ1v) is 7.00. The Hall–Kier alpha value is -1.79. The number of rotatable bonds is 0. The number of nitrogens with zero attached hydrogens (tertiary/aromatic N) is 3. The van der Waals surface area contributed by atoms with Crippen molar-refractivity contribution in [1.29, 1.82) is 0 Å². The Labute approximate surface area is 116 Å². The van der Waals surface area contributed by atoms with Crippen LogP contribution in [0.5, 0.6) is 0 Å². The second-order valence-corrected chi connectivity index (χ2v) is 6.53. The van der Waals surface area contributed by atoms with E-state index in [1.807, 2.05) is 20.8 Å². The van der Waals surface area contributed by atoms with Crippen LogP contribution >= 0.6 is 0 Å². The Bertz CT molecular complexity index is 583. The van der Waals surface area contributed by atoms with Gasteiger partial charge in [-0.05, 0) is 33.6 Å². The van der Waals surface area contributed by atoms with E-state index in [1.54, 1.807) is 9.47 Å². The van der Waals surface area contributed by atoms with Crippen LogP contribution in [0.25, 0.3) is 0 Å². The first-order chi connectivity index (χ1) is 9.35. The van der Waals surface area contributed by atoms with E-state index in [9.17, 15) is 9.59 Å². The number of aromatic nitrogens is 3. The van der Waals surface area contributed by atoms with Crippen LogP contribution in [-0.2, 0) is 17.7 Å². The predicted octanol–water partition coefficient (Wildman–Crippen LogP) is 0.896. The number of hydrogen-bond donors (Lipinski definition) is 1. The van der Waals surface area contributed by atoms with Gasteiger partial charge in [-0.15, -0.1) is 0 Å². The molecular formula is C13H20N4O3. The fraction of sp³-hybridized carbons (Fsp3) is 0.769. The zero-order chi connectivity index (χ0) is 14.5. The maximum atomic E-state index is 12.4. The minimum absolute atomic E-state index is 0.0198. The smallest absolute Gasteiger partial charge is 0.410 e. The molecule has 1 aromatic heterocycles. The summed E-state index contributed by atoms with van der Waals surface area (Å²) in [5.74, 6) is 0.732. The van der Waals surface area contributed by atoms with Gasteiger partial charge >= 0.3 is 11.8 Å². The molecule has 7 heteroatoms. The summed E-state index contributed by atoms with van der Waals surface area (Å²) >= 11 is 0. The van der Waals surface area contributed by atoms with Crippen LogP contribution in [0.4, 0.5) is 4.79 Å². The largest absolute Gasteiger partial charge is 0.444 e. The highest BCUT2D eigenvalue weighted by Gasteiger charge is 2.42. The molecule has 1 aromatic rings. The van der Waals surface area contributed by atoms with Crippen molar-refractivity contribution in [1.82, 2.24) is 19.7 Å². The lowest BCUT2D eigenvalue weighted by atomic mass is 10.1. The number of carbonyl (C=O) groups is 1. The summed E-state index contributed by atoms with van der Waals surface area (Å²) in [6.45, 7) is 6.08. The first-order valence-electron chi connectivity index (χ1n) is 7.00. The fourth-order valence-electron chi connectivity index (χ4n) is 3.07. The van der Waals surface area contributed by atoms with E-state index in [2.05, 4.69) is 10.2 Å². The average Bonchev–Trinajstić information content (AvgIpc) is 2.78. The summed E-state index contributed by atoms with van der Waals surface area (Å²) < 4.78 is 7.13. The molecular weight excluding hydrogens is 260 g/mol. The number of hydrogen-bond acceptors (Lipinski definition) is 4. The van der Waals surface area contributed by atoms with Crippen molar-refractivity contribution in [2.45, 2.75) is 64.3 Å². The maximum absolute atomic E-state index is 12.4. The van der Waals surface area contributed by atoms with E-state index in [0.717, 1.165) is 18.7 Å². The number of ether oxygens (including phenoxy) is 1. The second-order valence-electron chi connectivity index (χ2n) is 6.53. The number of aromatic amines is 1. The molecule has 3 rings (SSSR count). The van der Waals surface area contributed by atoms with Gasteiger partial charge in [0, 0.05) is 19.0 Å². The van der Waals surface area contributed by atoms with Crippen molar-refractivity contribution in [2.75, 3.05) is 0 Å². The van der Waals surface area contributed by atoms with Gasteiger partial charge in [-0.25, -0.2) is 14.7 Å². The Morgan fingerprint density at radius 3 is 2.75 bits per heavy atom. The van der Waals surface area contributed by atoms with Crippen molar-refractivity contribution in [3.8, 4) is 0 Å². The second kappa shape index (κ2) is 4.36. The quantitative estimate of drug-likeness (QED) is 0.765. The number of nitrogens with one attached hydrogen (secondary N) is 1. The number of H-pyrrole nitrogens is 1. The van der Waals surface area contributed by atoms with Gasteiger partial charge in [0.2, 0.25) is 0 Å². The summed E-state index contributed by atoms with van der Waals surface area (Å²) in [6.07, 6.45) is 2.16. The highest BCUT2D eigenvalue weighted by molar-refractivity contribution is 5.69. The fourth-order valence-corrected chi connectivity index (χ4v) is 3.07. The van der Waals surface area contributed by atoms with E-state index in [0.29, 0.717) is 13.0 Å². The molecule has 3 heterocycles. The highest BCUT2D eigenvalue weighted by Crippen LogP contribution is 2.31. The van der Waals surface area contributed by atoms with E-state index in [4.69, 9.17) is 4.74 Å². The third-order valence-corrected chi connectivity index (χ3v) is 3.87. The van der Waals surface area contributed by atoms with Crippen LogP contribution in [0.3, 0.4) is 0 Å². The third kappa shape index (κ3) is 2.21. The van der Waals surface area contributed by atoms with Crippen LogP contribution in [-0.4, -0.2) is 43.4 Å². The average molecular weight is 280 g/mol. The first kappa shape index (κ1) is 13.2. The van der Waals surface area contributed by atoms with Crippen LogP contribution in [0.2, 0.25) is 0 Å². The van der Waals surface area contributed by atoms with E-state index >= 15 is 0 Å². The molecule has 0 saturated carbocycles. The zero-order valence-corrected chi connectivity index (χ0v) is 12.0. The molecule has 20 heavy (non-hydrogen) atoms. The van der Waals surface area contributed by atoms with E-state index < -0.39 is 5.60 Å². The maximum Gasteiger partial charge on any atom is 0.410 e. The van der Waals surface area contributed by atoms with Crippen molar-refractivity contribution >= 4 is 6.09 Å². The molecule has 1 fully saturated rings. The summed E-state index contributed by atoms with van der Waals surface area (Å²) in [5.41, 5.74) is -0.704. The normalized spacial score (nSPS) is 25.2. The molecule has 7 nitrogen and oxygen atoms in total. The van der Waals surface area contributed by atoms with Gasteiger partial charge < -0.3 is 4.74 Å². The van der Waals surface area contributed by atoms with Crippen LogP contribution < -0.4 is 5.69 Å². The van der Waals surface area contributed by atoms with Gasteiger partial charge in [0.15, 0.2) is 0 Å². The van der Waals surface area contributed by atoms with Crippen LogP contribution in [0.15, 0.2) is 4.79 Å². The minimum Gasteiger partial charge on any atom is -0.444 e. The molecule has 0 spiro atoms. The SMILES string of the molecule is CC(C)(C)OC(=O)N1C2CCC1Cn1c(n[nH]c1=O)C2. The Balaban J connectivity index is 1.86. The molecule has 0 aromatic carbocycles. The van der Waals surface area contributed by atoms with Gasteiger partial charge in [-0.2, -0.15) is 5.10 Å². The topological polar surface area (TPSA) is 80.2 Å². The van der Waals surface area contributed by atoms with Gasteiger partial charge in [0.25, 0.3) is 0 Å². The molecule has 0 radical (unpaired) electrons. The molecule has 0 aliphatic carbocycles. The van der Waals surface area contributed by atoms with E-state index in [-0.39, 0.29) is 23.9 Å². The summed E-state index contributed by atoms with van der Waals surface area (Å²) in [5, 5.41) is 6.53. The lowest BCUT2D eigenvalue weighted by Gasteiger charge is -2.30. The van der Waals surface area contributed by atoms with Crippen molar-refractivity contribution < 1.29 is 9.53 Å². The van der Waals surface area contributed by atoms with Crippen molar-refractivity contribution in [2.24, 2.45) is 0 Å². The standard InChI is InChI=1S/C13H20N4O3/c1-13(2,3)20-12(19)17-8-4-5-9(17)7-16-10(6-8)14-15-11(16)18/h8-9H,4-7H2,1-3H3,(H,15,18). The molecule has 2 unspecified atom stereocenters. The molecule has 110 valence electrons. The zero-order valence-electron chi connectivity index (χ0n) is 12.0. The van der Waals surface area contributed by atoms with Gasteiger partial charge in [-0.1, -0.05) is 0 Å². The van der Waals surface area contributed by atoms with E-state index in [1.165, 1.54) is 0 Å². The van der Waals surface area contributed by atoms with Gasteiger partial charge in [0.1, 0.15) is 11.4 Å². The molecule has 2 bridgehead atoms. The van der Waals surface area contributed by atoms with Crippen LogP contribution in [0.1, 0.15) is 39.4 Å². The molecule has 1 N–H and O–H groups in total. The Kier molecular flexibility index (Phi) is 2.88. The lowest BCUT2D eigenvalue weighted by Crippen LogP contribution is -2.45. The van der Waals surface area contributed by atoms with Gasteiger partial charge in [0.05, 0.1) is 6.04 Å². The lowest BCUT2D eigenvalue weighted by molar-refractivity contribution is 0.0146. The summed E-state index contributed by atoms with van der Waals surface area (Å²) in [7, 11) is 0. The molecule has 1 saturated heterocycles. The molecule has 2 aliphatic heterocycles. The number of carbonyl (C=O) groups excluding carboxylic acids is 1. The van der Waals surface area contributed by atoms with Gasteiger partial charge in [-0.3, -0.25) is 9.47 Å². The van der Waals surface area contributed by atoms with Crippen molar-refractivity contribution in [3.05, 3.63) is 16.3 Å². The highest BCUT2D eigenvalue weighted by atomic mass is 16.6. The summed E-state index contributed by atoms with van der Waals surface area (Å²) in [4.78, 5) is 25.9. The van der Waals surface area contributed by atoms with Crippen LogP contribution in [0, 0.1) is 0 Å². The molecule has 1 amide bonds.